The molecule has 0 bridgehead atoms. The number of rotatable bonds is 5. The molecule has 0 aliphatic heterocycles. The van der Waals surface area contributed by atoms with Gasteiger partial charge in [0.25, 0.3) is 11.6 Å². The summed E-state index contributed by atoms with van der Waals surface area (Å²) in [4.78, 5) is 22.1. The summed E-state index contributed by atoms with van der Waals surface area (Å²) in [6.07, 6.45) is 4.32. The quantitative estimate of drug-likeness (QED) is 0.503. The molecule has 0 heterocycles. The van der Waals surface area contributed by atoms with E-state index in [0.29, 0.717) is 11.1 Å². The number of phenolic OH excluding ortho intramolecular Hbond substituents is 1. The average Bonchev–Trinajstić information content (AvgIpc) is 2.55. The molecule has 1 amide bonds. The zero-order valence-electron chi connectivity index (χ0n) is 11.9. The molecule has 2 aromatic carbocycles. The van der Waals surface area contributed by atoms with E-state index < -0.39 is 10.8 Å². The second-order valence-electron chi connectivity index (χ2n) is 4.44. The standard InChI is InChI=1S/C16H13N3O4/c20-14-9-7-13(8-10-14)16(21)18-17-11-3-5-12-4-1-2-6-15(12)19(22)23/h1-11,20H,(H,18,21). The number of nitro benzene ring substituents is 1. The Morgan fingerprint density at radius 1 is 1.17 bits per heavy atom. The van der Waals surface area contributed by atoms with Crippen LogP contribution in [0.2, 0.25) is 0 Å². The van der Waals surface area contributed by atoms with Gasteiger partial charge in [0.15, 0.2) is 0 Å². The average molecular weight is 311 g/mol. The van der Waals surface area contributed by atoms with Gasteiger partial charge in [0.1, 0.15) is 5.75 Å². The van der Waals surface area contributed by atoms with Gasteiger partial charge in [0.2, 0.25) is 0 Å². The summed E-state index contributed by atoms with van der Waals surface area (Å²) in [6, 6.07) is 12.0. The van der Waals surface area contributed by atoms with E-state index in [1.807, 2.05) is 0 Å². The molecule has 0 unspecified atom stereocenters. The maximum Gasteiger partial charge on any atom is 0.276 e. The zero-order valence-corrected chi connectivity index (χ0v) is 11.9. The fourth-order valence-corrected chi connectivity index (χ4v) is 1.76. The Morgan fingerprint density at radius 2 is 1.87 bits per heavy atom. The number of carbonyl (C=O) groups is 1. The van der Waals surface area contributed by atoms with Crippen LogP contribution in [0.3, 0.4) is 0 Å². The van der Waals surface area contributed by atoms with Crippen LogP contribution < -0.4 is 5.43 Å². The van der Waals surface area contributed by atoms with E-state index in [4.69, 9.17) is 5.11 Å². The molecule has 0 aromatic heterocycles. The van der Waals surface area contributed by atoms with Crippen LogP contribution in [0.1, 0.15) is 15.9 Å². The smallest absolute Gasteiger partial charge is 0.276 e. The van der Waals surface area contributed by atoms with E-state index in [0.717, 1.165) is 0 Å². The highest BCUT2D eigenvalue weighted by Crippen LogP contribution is 2.18. The van der Waals surface area contributed by atoms with Crippen molar-refractivity contribution in [1.82, 2.24) is 5.43 Å². The first-order valence-corrected chi connectivity index (χ1v) is 6.60. The molecule has 0 saturated carbocycles. The molecule has 2 N–H and O–H groups in total. The van der Waals surface area contributed by atoms with Crippen molar-refractivity contribution < 1.29 is 14.8 Å². The molecule has 0 atom stereocenters. The molecular weight excluding hydrogens is 298 g/mol. The lowest BCUT2D eigenvalue weighted by molar-refractivity contribution is -0.385. The van der Waals surface area contributed by atoms with Crippen LogP contribution in [0.5, 0.6) is 5.75 Å². The minimum atomic E-state index is -0.469. The number of hydrazone groups is 1. The van der Waals surface area contributed by atoms with Gasteiger partial charge in [-0.05, 0) is 42.5 Å². The lowest BCUT2D eigenvalue weighted by Crippen LogP contribution is -2.16. The largest absolute Gasteiger partial charge is 0.508 e. The van der Waals surface area contributed by atoms with Gasteiger partial charge >= 0.3 is 0 Å². The van der Waals surface area contributed by atoms with Crippen LogP contribution in [0, 0.1) is 10.1 Å². The Morgan fingerprint density at radius 3 is 2.57 bits per heavy atom. The number of benzene rings is 2. The number of aromatic hydroxyl groups is 1. The van der Waals surface area contributed by atoms with Gasteiger partial charge in [0.05, 0.1) is 10.5 Å². The molecule has 116 valence electrons. The number of nitro groups is 1. The van der Waals surface area contributed by atoms with Crippen LogP contribution in [-0.4, -0.2) is 22.2 Å². The minimum Gasteiger partial charge on any atom is -0.508 e. The van der Waals surface area contributed by atoms with Crippen LogP contribution in [0.15, 0.2) is 59.7 Å². The highest BCUT2D eigenvalue weighted by molar-refractivity contribution is 5.94. The monoisotopic (exact) mass is 311 g/mol. The Balaban J connectivity index is 1.95. The van der Waals surface area contributed by atoms with Crippen molar-refractivity contribution in [2.75, 3.05) is 0 Å². The van der Waals surface area contributed by atoms with Crippen molar-refractivity contribution in [1.29, 1.82) is 0 Å². The zero-order chi connectivity index (χ0) is 16.7. The summed E-state index contributed by atoms with van der Waals surface area (Å²) in [5, 5.41) is 23.7. The number of hydrogen-bond donors (Lipinski definition) is 2. The number of allylic oxidation sites excluding steroid dienone is 1. The van der Waals surface area contributed by atoms with Crippen molar-refractivity contribution in [3.8, 4) is 5.75 Å². The number of nitrogens with one attached hydrogen (secondary N) is 1. The number of amides is 1. The Kier molecular flexibility index (Phi) is 5.19. The third kappa shape index (κ3) is 4.50. The van der Waals surface area contributed by atoms with Crippen LogP contribution in [0.4, 0.5) is 5.69 Å². The summed E-state index contributed by atoms with van der Waals surface area (Å²) >= 11 is 0. The number of phenols is 1. The van der Waals surface area contributed by atoms with Gasteiger partial charge in [-0.1, -0.05) is 12.1 Å². The van der Waals surface area contributed by atoms with Crippen LogP contribution >= 0.6 is 0 Å². The summed E-state index contributed by atoms with van der Waals surface area (Å²) in [5.41, 5.74) is 3.09. The fourth-order valence-electron chi connectivity index (χ4n) is 1.76. The van der Waals surface area contributed by atoms with E-state index in [2.05, 4.69) is 10.5 Å². The predicted molar refractivity (Wildman–Crippen MR) is 86.2 cm³/mol. The Labute approximate surface area is 131 Å². The molecular formula is C16H13N3O4. The van der Waals surface area contributed by atoms with E-state index in [1.165, 1.54) is 48.7 Å². The second kappa shape index (κ2) is 7.51. The number of nitrogens with zero attached hydrogens (tertiary/aromatic N) is 2. The van der Waals surface area contributed by atoms with Gasteiger partial charge in [-0.2, -0.15) is 5.10 Å². The molecule has 2 rings (SSSR count). The topological polar surface area (TPSA) is 105 Å². The lowest BCUT2D eigenvalue weighted by Gasteiger charge is -1.99. The molecule has 0 radical (unpaired) electrons. The van der Waals surface area contributed by atoms with Crippen molar-refractivity contribution in [2.24, 2.45) is 5.10 Å². The van der Waals surface area contributed by atoms with Gasteiger partial charge < -0.3 is 5.11 Å². The van der Waals surface area contributed by atoms with Gasteiger partial charge in [-0.15, -0.1) is 0 Å². The predicted octanol–water partition coefficient (Wildman–Crippen LogP) is 2.73. The SMILES string of the molecule is O=C(NN=CC=Cc1ccccc1[N+](=O)[O-])c1ccc(O)cc1. The van der Waals surface area contributed by atoms with E-state index >= 15 is 0 Å². The summed E-state index contributed by atoms with van der Waals surface area (Å²) in [5.74, 6) is -0.363. The first-order chi connectivity index (χ1) is 11.1. The molecule has 7 nitrogen and oxygen atoms in total. The third-order valence-electron chi connectivity index (χ3n) is 2.87. The summed E-state index contributed by atoms with van der Waals surface area (Å²) in [7, 11) is 0. The fraction of sp³-hybridized carbons (Fsp3) is 0. The number of para-hydroxylation sites is 1. The molecule has 0 aliphatic rings. The van der Waals surface area contributed by atoms with Crippen molar-refractivity contribution in [3.63, 3.8) is 0 Å². The normalized spacial score (nSPS) is 11.0. The molecule has 7 heteroatoms. The van der Waals surface area contributed by atoms with E-state index in [1.54, 1.807) is 18.2 Å². The van der Waals surface area contributed by atoms with Crippen molar-refractivity contribution >= 4 is 23.9 Å². The number of carbonyl (C=O) groups excluding carboxylic acids is 1. The molecule has 0 spiro atoms. The first kappa shape index (κ1) is 15.9. The Bertz CT molecular complexity index is 767. The second-order valence-corrected chi connectivity index (χ2v) is 4.44. The molecule has 0 aliphatic carbocycles. The van der Waals surface area contributed by atoms with E-state index in [9.17, 15) is 14.9 Å². The van der Waals surface area contributed by atoms with Gasteiger partial charge in [-0.3, -0.25) is 14.9 Å². The van der Waals surface area contributed by atoms with Gasteiger partial charge in [-0.25, -0.2) is 5.43 Å². The highest BCUT2D eigenvalue weighted by Gasteiger charge is 2.08. The molecule has 23 heavy (non-hydrogen) atoms. The lowest BCUT2D eigenvalue weighted by atomic mass is 10.2. The maximum absolute atomic E-state index is 11.7. The van der Waals surface area contributed by atoms with Gasteiger partial charge in [0, 0.05) is 17.8 Å². The van der Waals surface area contributed by atoms with Crippen LogP contribution in [0.25, 0.3) is 6.08 Å². The minimum absolute atomic E-state index is 0.00900. The molecule has 2 aromatic rings. The summed E-state index contributed by atoms with van der Waals surface area (Å²) < 4.78 is 0. The van der Waals surface area contributed by atoms with Crippen molar-refractivity contribution in [2.45, 2.75) is 0 Å². The first-order valence-electron chi connectivity index (χ1n) is 6.60. The summed E-state index contributed by atoms with van der Waals surface area (Å²) in [6.45, 7) is 0. The highest BCUT2D eigenvalue weighted by atomic mass is 16.6. The maximum atomic E-state index is 11.7. The van der Waals surface area contributed by atoms with Crippen LogP contribution in [-0.2, 0) is 0 Å². The Hall–Kier alpha value is -3.48. The third-order valence-corrected chi connectivity index (χ3v) is 2.87. The number of hydrogen-bond acceptors (Lipinski definition) is 5. The molecule has 0 fully saturated rings. The van der Waals surface area contributed by atoms with E-state index in [-0.39, 0.29) is 11.4 Å². The molecule has 0 saturated heterocycles. The van der Waals surface area contributed by atoms with Crippen molar-refractivity contribution in [3.05, 3.63) is 75.8 Å².